The third-order valence-electron chi connectivity index (χ3n) is 3.40. The smallest absolute Gasteiger partial charge is 0.404 e. The number of para-hydroxylation sites is 2. The van der Waals surface area contributed by atoms with Gasteiger partial charge in [-0.15, -0.1) is 37.1 Å². The van der Waals surface area contributed by atoms with Crippen LogP contribution in [0, 0.1) is 5.82 Å². The number of ether oxygens (including phenoxy) is 1. The Morgan fingerprint density at radius 1 is 1.15 bits per heavy atom. The van der Waals surface area contributed by atoms with Crippen molar-refractivity contribution in [3.05, 3.63) is 59.9 Å². The highest BCUT2D eigenvalue weighted by Gasteiger charge is 2.32. The van der Waals surface area contributed by atoms with Crippen LogP contribution in [0.5, 0.6) is 5.75 Å². The Morgan fingerprint density at radius 2 is 1.74 bits per heavy atom. The number of alkyl halides is 3. The first kappa shape index (κ1) is 23.0. The van der Waals surface area contributed by atoms with Crippen LogP contribution in [0.4, 0.5) is 23.2 Å². The van der Waals surface area contributed by atoms with Crippen molar-refractivity contribution in [2.75, 3.05) is 11.9 Å². The van der Waals surface area contributed by atoms with E-state index in [2.05, 4.69) is 15.0 Å². The predicted molar refractivity (Wildman–Crippen MR) is 105 cm³/mol. The molecule has 0 saturated heterocycles. The standard InChI is InChI=1S/C17H17F4N3O2.HI/c1-16(25,11-6-8-12(18)9-7-11)10-23-15(22)24-13-4-2-3-5-14(13)26-17(19,20)21;/h2-9,25H,10H2,1H3,(H3,22,23,24);1H. The molecule has 2 aromatic carbocycles. The van der Waals surface area contributed by atoms with Crippen molar-refractivity contribution in [2.24, 2.45) is 10.7 Å². The van der Waals surface area contributed by atoms with Gasteiger partial charge in [-0.1, -0.05) is 24.3 Å². The Hall–Kier alpha value is -2.08. The van der Waals surface area contributed by atoms with Gasteiger partial charge in [-0.05, 0) is 36.8 Å². The molecule has 148 valence electrons. The van der Waals surface area contributed by atoms with E-state index in [1.165, 1.54) is 49.4 Å². The van der Waals surface area contributed by atoms with E-state index in [9.17, 15) is 22.7 Å². The molecule has 27 heavy (non-hydrogen) atoms. The van der Waals surface area contributed by atoms with E-state index in [-0.39, 0.29) is 42.2 Å². The van der Waals surface area contributed by atoms with Gasteiger partial charge >= 0.3 is 6.36 Å². The van der Waals surface area contributed by atoms with Crippen LogP contribution in [-0.4, -0.2) is 24.0 Å². The molecule has 1 unspecified atom stereocenters. The van der Waals surface area contributed by atoms with Gasteiger partial charge in [0.25, 0.3) is 0 Å². The lowest BCUT2D eigenvalue weighted by atomic mass is 9.96. The van der Waals surface area contributed by atoms with Crippen LogP contribution in [0.25, 0.3) is 0 Å². The van der Waals surface area contributed by atoms with Crippen LogP contribution in [0.15, 0.2) is 53.5 Å². The summed E-state index contributed by atoms with van der Waals surface area (Å²) in [5, 5.41) is 12.9. The lowest BCUT2D eigenvalue weighted by molar-refractivity contribution is -0.274. The molecular formula is C17H18F4IN3O2. The first-order chi connectivity index (χ1) is 12.1. The van der Waals surface area contributed by atoms with E-state index in [1.54, 1.807) is 0 Å². The monoisotopic (exact) mass is 499 g/mol. The highest BCUT2D eigenvalue weighted by atomic mass is 127. The lowest BCUT2D eigenvalue weighted by Gasteiger charge is -2.22. The van der Waals surface area contributed by atoms with E-state index in [1.807, 2.05) is 0 Å². The normalized spacial score (nSPS) is 14.1. The minimum atomic E-state index is -4.85. The van der Waals surface area contributed by atoms with Crippen LogP contribution in [0.2, 0.25) is 0 Å². The molecule has 10 heteroatoms. The Bertz CT molecular complexity index is 780. The van der Waals surface area contributed by atoms with Gasteiger partial charge in [0.05, 0.1) is 12.2 Å². The molecule has 1 atom stereocenters. The van der Waals surface area contributed by atoms with E-state index in [0.717, 1.165) is 6.07 Å². The number of aliphatic hydroxyl groups is 1. The summed E-state index contributed by atoms with van der Waals surface area (Å²) in [7, 11) is 0. The van der Waals surface area contributed by atoms with Gasteiger partial charge in [-0.25, -0.2) is 9.38 Å². The first-order valence-corrected chi connectivity index (χ1v) is 7.47. The lowest BCUT2D eigenvalue weighted by Crippen LogP contribution is -2.30. The van der Waals surface area contributed by atoms with Gasteiger partial charge < -0.3 is 20.9 Å². The number of hydrogen-bond donors (Lipinski definition) is 3. The summed E-state index contributed by atoms with van der Waals surface area (Å²) in [6, 6.07) is 10.5. The topological polar surface area (TPSA) is 79.9 Å². The van der Waals surface area contributed by atoms with Crippen molar-refractivity contribution in [1.82, 2.24) is 0 Å². The SMILES string of the molecule is CC(O)(CN=C(N)Nc1ccccc1OC(F)(F)F)c1ccc(F)cc1.I. The van der Waals surface area contributed by atoms with Gasteiger partial charge in [0.1, 0.15) is 11.4 Å². The summed E-state index contributed by atoms with van der Waals surface area (Å²) in [5.74, 6) is -1.13. The molecule has 0 amide bonds. The number of anilines is 1. The van der Waals surface area contributed by atoms with Crippen molar-refractivity contribution in [2.45, 2.75) is 18.9 Å². The largest absolute Gasteiger partial charge is 0.573 e. The van der Waals surface area contributed by atoms with Crippen LogP contribution in [0.1, 0.15) is 12.5 Å². The zero-order chi connectivity index (χ0) is 19.4. The Morgan fingerprint density at radius 3 is 2.33 bits per heavy atom. The number of aliphatic imine (C=N–C) groups is 1. The molecule has 2 aromatic rings. The van der Waals surface area contributed by atoms with E-state index < -0.39 is 23.5 Å². The molecule has 4 N–H and O–H groups in total. The van der Waals surface area contributed by atoms with Crippen LogP contribution in [-0.2, 0) is 5.60 Å². The van der Waals surface area contributed by atoms with Crippen LogP contribution < -0.4 is 15.8 Å². The Kier molecular flexibility index (Phi) is 7.84. The van der Waals surface area contributed by atoms with Gasteiger partial charge in [0.2, 0.25) is 0 Å². The van der Waals surface area contributed by atoms with Crippen molar-refractivity contribution >= 4 is 35.6 Å². The number of guanidine groups is 1. The number of halogens is 5. The van der Waals surface area contributed by atoms with E-state index in [4.69, 9.17) is 5.73 Å². The third-order valence-corrected chi connectivity index (χ3v) is 3.40. The fourth-order valence-electron chi connectivity index (χ4n) is 2.10. The average Bonchev–Trinajstić information content (AvgIpc) is 2.54. The molecule has 0 aliphatic carbocycles. The minimum Gasteiger partial charge on any atom is -0.404 e. The van der Waals surface area contributed by atoms with Gasteiger partial charge in [-0.2, -0.15) is 0 Å². The molecule has 0 aliphatic rings. The maximum Gasteiger partial charge on any atom is 0.573 e. The molecule has 0 aromatic heterocycles. The molecular weight excluding hydrogens is 481 g/mol. The Labute approximate surface area is 170 Å². The first-order valence-electron chi connectivity index (χ1n) is 7.47. The maximum atomic E-state index is 13.0. The molecule has 0 fully saturated rings. The van der Waals surface area contributed by atoms with Crippen molar-refractivity contribution in [3.63, 3.8) is 0 Å². The summed E-state index contributed by atoms with van der Waals surface area (Å²) in [4.78, 5) is 3.93. The molecule has 0 bridgehead atoms. The second-order valence-electron chi connectivity index (χ2n) is 5.65. The average molecular weight is 499 g/mol. The Balaban J connectivity index is 0.00000364. The second-order valence-corrected chi connectivity index (χ2v) is 5.65. The van der Waals surface area contributed by atoms with E-state index in [0.29, 0.717) is 5.56 Å². The van der Waals surface area contributed by atoms with E-state index >= 15 is 0 Å². The number of nitrogens with one attached hydrogen (secondary N) is 1. The molecule has 0 heterocycles. The fraction of sp³-hybridized carbons (Fsp3) is 0.235. The van der Waals surface area contributed by atoms with Gasteiger partial charge in [0, 0.05) is 0 Å². The third kappa shape index (κ3) is 7.21. The fourth-order valence-corrected chi connectivity index (χ4v) is 2.10. The van der Waals surface area contributed by atoms with Crippen molar-refractivity contribution < 1.29 is 27.4 Å². The zero-order valence-electron chi connectivity index (χ0n) is 14.1. The summed E-state index contributed by atoms with van der Waals surface area (Å²) >= 11 is 0. The quantitative estimate of drug-likeness (QED) is 0.252. The highest BCUT2D eigenvalue weighted by Crippen LogP contribution is 2.29. The van der Waals surface area contributed by atoms with Crippen LogP contribution in [0.3, 0.4) is 0 Å². The number of rotatable bonds is 5. The van der Waals surface area contributed by atoms with Crippen molar-refractivity contribution in [1.29, 1.82) is 0 Å². The predicted octanol–water partition coefficient (Wildman–Crippen LogP) is 3.98. The minimum absolute atomic E-state index is 0. The van der Waals surface area contributed by atoms with Gasteiger partial charge in [-0.3, -0.25) is 0 Å². The summed E-state index contributed by atoms with van der Waals surface area (Å²) in [5.41, 5.74) is 4.61. The summed E-state index contributed by atoms with van der Waals surface area (Å²) in [6.45, 7) is 1.26. The second kappa shape index (κ2) is 9.22. The molecule has 0 radical (unpaired) electrons. The van der Waals surface area contributed by atoms with Gasteiger partial charge in [0.15, 0.2) is 11.7 Å². The molecule has 0 aliphatic heterocycles. The highest BCUT2D eigenvalue weighted by molar-refractivity contribution is 14.0. The number of hydrogen-bond acceptors (Lipinski definition) is 3. The van der Waals surface area contributed by atoms with Crippen molar-refractivity contribution in [3.8, 4) is 5.75 Å². The summed E-state index contributed by atoms with van der Waals surface area (Å²) < 4.78 is 54.1. The number of nitrogens with two attached hydrogens (primary N) is 1. The number of nitrogens with zero attached hydrogens (tertiary/aromatic N) is 1. The number of benzene rings is 2. The van der Waals surface area contributed by atoms with Crippen LogP contribution >= 0.6 is 24.0 Å². The maximum absolute atomic E-state index is 13.0. The molecule has 5 nitrogen and oxygen atoms in total. The molecule has 0 saturated carbocycles. The summed E-state index contributed by atoms with van der Waals surface area (Å²) in [6.07, 6.45) is -4.85. The molecule has 2 rings (SSSR count). The molecule has 0 spiro atoms. The zero-order valence-corrected chi connectivity index (χ0v) is 16.5.